The Morgan fingerprint density at radius 1 is 1.30 bits per heavy atom. The van der Waals surface area contributed by atoms with Crippen molar-refractivity contribution in [1.29, 1.82) is 0 Å². The Hall–Kier alpha value is -1.63. The number of aliphatic carboxylic acids is 1. The van der Waals surface area contributed by atoms with Gasteiger partial charge < -0.3 is 19.5 Å². The molecule has 1 aromatic carbocycles. The van der Waals surface area contributed by atoms with Crippen LogP contribution in [0.15, 0.2) is 24.3 Å². The van der Waals surface area contributed by atoms with Gasteiger partial charge in [0.2, 0.25) is 5.91 Å². The zero-order chi connectivity index (χ0) is 19.5. The summed E-state index contributed by atoms with van der Waals surface area (Å²) in [6.45, 7) is 1.81. The Bertz CT molecular complexity index is 699. The molecule has 2 aliphatic rings. The van der Waals surface area contributed by atoms with E-state index in [9.17, 15) is 14.7 Å². The van der Waals surface area contributed by atoms with Gasteiger partial charge >= 0.3 is 5.97 Å². The molecule has 6 nitrogen and oxygen atoms in total. The Balaban J connectivity index is 1.93. The second-order valence-electron chi connectivity index (χ2n) is 7.55. The van der Waals surface area contributed by atoms with Gasteiger partial charge in [0.1, 0.15) is 5.41 Å². The van der Waals surface area contributed by atoms with Gasteiger partial charge in [-0.05, 0) is 43.4 Å². The summed E-state index contributed by atoms with van der Waals surface area (Å²) in [6, 6.07) is 7.41. The van der Waals surface area contributed by atoms with E-state index in [4.69, 9.17) is 21.1 Å². The molecule has 27 heavy (non-hydrogen) atoms. The van der Waals surface area contributed by atoms with Gasteiger partial charge in [0.25, 0.3) is 0 Å². The smallest absolute Gasteiger partial charge is 0.313 e. The molecule has 2 fully saturated rings. The summed E-state index contributed by atoms with van der Waals surface area (Å²) in [4.78, 5) is 27.4. The third-order valence-electron chi connectivity index (χ3n) is 5.87. The SMILES string of the molecule is COCC1(C(=O)O)CCCN(C(=O)C2(c3cccc(Cl)c3)CCOCC2)C1. The van der Waals surface area contributed by atoms with Gasteiger partial charge in [0.05, 0.1) is 12.0 Å². The number of halogens is 1. The molecule has 1 amide bonds. The van der Waals surface area contributed by atoms with Crippen molar-refractivity contribution in [2.75, 3.05) is 40.0 Å². The molecule has 0 spiro atoms. The van der Waals surface area contributed by atoms with Crippen LogP contribution in [0.3, 0.4) is 0 Å². The lowest BCUT2D eigenvalue weighted by atomic mass is 9.71. The number of carbonyl (C=O) groups is 2. The van der Waals surface area contributed by atoms with Crippen molar-refractivity contribution in [3.05, 3.63) is 34.9 Å². The van der Waals surface area contributed by atoms with E-state index in [-0.39, 0.29) is 19.1 Å². The summed E-state index contributed by atoms with van der Waals surface area (Å²) in [5.41, 5.74) is -0.900. The van der Waals surface area contributed by atoms with E-state index in [1.54, 1.807) is 11.0 Å². The van der Waals surface area contributed by atoms with Gasteiger partial charge in [0, 0.05) is 38.4 Å². The van der Waals surface area contributed by atoms with E-state index in [0.29, 0.717) is 50.5 Å². The average molecular weight is 396 g/mol. The standard InChI is InChI=1S/C20H26ClNO5/c1-26-14-19(18(24)25)6-3-9-22(13-19)17(23)20(7-10-27-11-8-20)15-4-2-5-16(21)12-15/h2,4-5,12H,3,6-11,13-14H2,1H3,(H,24,25). The first-order chi connectivity index (χ1) is 12.9. The highest BCUT2D eigenvalue weighted by Gasteiger charge is 2.49. The highest BCUT2D eigenvalue weighted by atomic mass is 35.5. The number of hydrogen-bond donors (Lipinski definition) is 1. The van der Waals surface area contributed by atoms with Crippen LogP contribution in [0.2, 0.25) is 5.02 Å². The van der Waals surface area contributed by atoms with Crippen LogP contribution in [0.5, 0.6) is 0 Å². The van der Waals surface area contributed by atoms with Gasteiger partial charge in [-0.2, -0.15) is 0 Å². The van der Waals surface area contributed by atoms with E-state index < -0.39 is 16.8 Å². The van der Waals surface area contributed by atoms with E-state index in [2.05, 4.69) is 0 Å². The summed E-state index contributed by atoms with van der Waals surface area (Å²) < 4.78 is 10.7. The number of benzene rings is 1. The highest BCUT2D eigenvalue weighted by molar-refractivity contribution is 6.30. The summed E-state index contributed by atoms with van der Waals surface area (Å²) in [5, 5.41) is 10.4. The van der Waals surface area contributed by atoms with Crippen molar-refractivity contribution in [3.63, 3.8) is 0 Å². The van der Waals surface area contributed by atoms with Crippen LogP contribution in [-0.4, -0.2) is 61.9 Å². The van der Waals surface area contributed by atoms with E-state index in [0.717, 1.165) is 5.56 Å². The summed E-state index contributed by atoms with van der Waals surface area (Å²) in [6.07, 6.45) is 2.27. The van der Waals surface area contributed by atoms with Gasteiger partial charge in [-0.1, -0.05) is 23.7 Å². The number of hydrogen-bond acceptors (Lipinski definition) is 4. The number of carboxylic acid groups (broad SMARTS) is 1. The van der Waals surface area contributed by atoms with E-state index in [1.165, 1.54) is 7.11 Å². The molecule has 2 saturated heterocycles. The van der Waals surface area contributed by atoms with Crippen LogP contribution in [0.25, 0.3) is 0 Å². The van der Waals surface area contributed by atoms with Gasteiger partial charge in [-0.15, -0.1) is 0 Å². The van der Waals surface area contributed by atoms with Crippen LogP contribution in [-0.2, 0) is 24.5 Å². The minimum atomic E-state index is -1.05. The third-order valence-corrected chi connectivity index (χ3v) is 6.11. The normalized spacial score (nSPS) is 25.2. The molecule has 2 heterocycles. The number of amides is 1. The molecule has 1 aromatic rings. The molecule has 0 radical (unpaired) electrons. The fourth-order valence-electron chi connectivity index (χ4n) is 4.37. The number of carboxylic acids is 1. The lowest BCUT2D eigenvalue weighted by Crippen LogP contribution is -2.57. The Kier molecular flexibility index (Phi) is 6.08. The van der Waals surface area contributed by atoms with Crippen molar-refractivity contribution in [3.8, 4) is 0 Å². The minimum Gasteiger partial charge on any atom is -0.481 e. The zero-order valence-electron chi connectivity index (χ0n) is 15.6. The summed E-state index contributed by atoms with van der Waals surface area (Å²) >= 11 is 6.19. The lowest BCUT2D eigenvalue weighted by Gasteiger charge is -2.45. The lowest BCUT2D eigenvalue weighted by molar-refractivity contribution is -0.161. The number of rotatable bonds is 5. The van der Waals surface area contributed by atoms with Crippen LogP contribution in [0, 0.1) is 5.41 Å². The molecule has 0 bridgehead atoms. The number of methoxy groups -OCH3 is 1. The maximum atomic E-state index is 13.7. The molecule has 1 atom stereocenters. The molecular weight excluding hydrogens is 370 g/mol. The first kappa shape index (κ1) is 20.1. The molecule has 0 saturated carbocycles. The second-order valence-corrected chi connectivity index (χ2v) is 7.99. The van der Waals surface area contributed by atoms with Crippen molar-refractivity contribution >= 4 is 23.5 Å². The molecular formula is C20H26ClNO5. The molecule has 2 aliphatic heterocycles. The Labute approximate surface area is 164 Å². The number of likely N-dealkylation sites (tertiary alicyclic amines) is 1. The monoisotopic (exact) mass is 395 g/mol. The molecule has 0 aliphatic carbocycles. The zero-order valence-corrected chi connectivity index (χ0v) is 16.3. The molecule has 1 unspecified atom stereocenters. The highest BCUT2D eigenvalue weighted by Crippen LogP contribution is 2.40. The maximum Gasteiger partial charge on any atom is 0.313 e. The molecule has 1 N–H and O–H groups in total. The fourth-order valence-corrected chi connectivity index (χ4v) is 4.56. The van der Waals surface area contributed by atoms with Gasteiger partial charge in [-0.25, -0.2) is 0 Å². The molecule has 3 rings (SSSR count). The molecule has 0 aromatic heterocycles. The largest absolute Gasteiger partial charge is 0.481 e. The van der Waals surface area contributed by atoms with Crippen molar-refractivity contribution in [2.24, 2.45) is 5.41 Å². The van der Waals surface area contributed by atoms with Gasteiger partial charge in [0.15, 0.2) is 0 Å². The van der Waals surface area contributed by atoms with Crippen LogP contribution >= 0.6 is 11.6 Å². The topological polar surface area (TPSA) is 76.1 Å². The van der Waals surface area contributed by atoms with Crippen molar-refractivity contribution < 1.29 is 24.2 Å². The first-order valence-corrected chi connectivity index (χ1v) is 9.67. The third kappa shape index (κ3) is 3.84. The Morgan fingerprint density at radius 3 is 2.67 bits per heavy atom. The van der Waals surface area contributed by atoms with Crippen molar-refractivity contribution in [2.45, 2.75) is 31.1 Å². The van der Waals surface area contributed by atoms with E-state index in [1.807, 2.05) is 18.2 Å². The van der Waals surface area contributed by atoms with Crippen LogP contribution < -0.4 is 0 Å². The number of ether oxygens (including phenoxy) is 2. The van der Waals surface area contributed by atoms with Crippen LogP contribution in [0.1, 0.15) is 31.2 Å². The predicted octanol–water partition coefficient (Wildman–Crippen LogP) is 2.73. The predicted molar refractivity (Wildman–Crippen MR) is 101 cm³/mol. The van der Waals surface area contributed by atoms with E-state index >= 15 is 0 Å². The molecule has 148 valence electrons. The average Bonchev–Trinajstić information content (AvgIpc) is 2.68. The van der Waals surface area contributed by atoms with Crippen molar-refractivity contribution in [1.82, 2.24) is 4.90 Å². The minimum absolute atomic E-state index is 0.0329. The molecule has 7 heteroatoms. The number of piperidine rings is 1. The van der Waals surface area contributed by atoms with Crippen LogP contribution in [0.4, 0.5) is 0 Å². The first-order valence-electron chi connectivity index (χ1n) is 9.29. The fraction of sp³-hybridized carbons (Fsp3) is 0.600. The number of nitrogens with zero attached hydrogens (tertiary/aromatic N) is 1. The number of carbonyl (C=O) groups excluding carboxylic acids is 1. The summed E-state index contributed by atoms with van der Waals surface area (Å²) in [5.74, 6) is -0.944. The maximum absolute atomic E-state index is 13.7. The Morgan fingerprint density at radius 2 is 2.04 bits per heavy atom. The van der Waals surface area contributed by atoms with Gasteiger partial charge in [-0.3, -0.25) is 9.59 Å². The second kappa shape index (κ2) is 8.17. The quantitative estimate of drug-likeness (QED) is 0.829. The summed E-state index contributed by atoms with van der Waals surface area (Å²) in [7, 11) is 1.50.